The van der Waals surface area contributed by atoms with Crippen molar-refractivity contribution in [2.24, 2.45) is 17.8 Å². The van der Waals surface area contributed by atoms with Crippen LogP contribution in [-0.2, 0) is 9.53 Å². The molecule has 0 aromatic carbocycles. The number of carbonyl (C=O) groups excluding carboxylic acids is 2. The number of amides is 2. The summed E-state index contributed by atoms with van der Waals surface area (Å²) in [5.41, 5.74) is -0.433. The van der Waals surface area contributed by atoms with Crippen LogP contribution in [0.2, 0.25) is 0 Å². The Morgan fingerprint density at radius 3 is 2.04 bits per heavy atom. The van der Waals surface area contributed by atoms with E-state index in [1.165, 1.54) is 0 Å². The summed E-state index contributed by atoms with van der Waals surface area (Å²) in [5, 5.41) is 0. The van der Waals surface area contributed by atoms with Gasteiger partial charge in [-0.15, -0.1) is 0 Å². The molecule has 0 unspecified atom stereocenters. The van der Waals surface area contributed by atoms with Crippen molar-refractivity contribution in [2.75, 3.05) is 26.2 Å². The molecule has 156 valence electrons. The summed E-state index contributed by atoms with van der Waals surface area (Å²) in [6, 6.07) is 0. The average Bonchev–Trinajstić information content (AvgIpc) is 2.60. The Kier molecular flexibility index (Phi) is 7.99. The summed E-state index contributed by atoms with van der Waals surface area (Å²) in [6.07, 6.45) is 6.91. The summed E-state index contributed by atoms with van der Waals surface area (Å²) in [6.45, 7) is 13.7. The van der Waals surface area contributed by atoms with Gasteiger partial charge in [0.1, 0.15) is 5.60 Å². The van der Waals surface area contributed by atoms with Gasteiger partial charge >= 0.3 is 6.09 Å². The van der Waals surface area contributed by atoms with Gasteiger partial charge in [0.15, 0.2) is 0 Å². The van der Waals surface area contributed by atoms with E-state index in [-0.39, 0.29) is 6.09 Å². The van der Waals surface area contributed by atoms with E-state index in [2.05, 4.69) is 18.7 Å². The SMILES string of the molecule is CC(C)C1CCN(C(=O)CCCC2CCN(C(=O)OC(C)(C)C)CC2)CC1. The standard InChI is InChI=1S/C22H40N2O3/c1-17(2)19-11-15-23(16-12-19)20(25)8-6-7-18-9-13-24(14-10-18)21(26)27-22(3,4)5/h17-19H,6-16H2,1-5H3. The number of carbonyl (C=O) groups is 2. The molecule has 2 amide bonds. The van der Waals surface area contributed by atoms with Crippen LogP contribution in [0.15, 0.2) is 0 Å². The molecule has 0 aromatic rings. The van der Waals surface area contributed by atoms with Gasteiger partial charge in [-0.05, 0) is 77.0 Å². The maximum Gasteiger partial charge on any atom is 0.410 e. The third-order valence-electron chi connectivity index (χ3n) is 6.10. The monoisotopic (exact) mass is 380 g/mol. The first-order valence-electron chi connectivity index (χ1n) is 10.9. The minimum absolute atomic E-state index is 0.194. The molecule has 0 N–H and O–H groups in total. The second-order valence-electron chi connectivity index (χ2n) is 9.77. The maximum absolute atomic E-state index is 12.4. The molecule has 2 aliphatic rings. The van der Waals surface area contributed by atoms with Crippen molar-refractivity contribution in [3.05, 3.63) is 0 Å². The number of rotatable bonds is 5. The molecule has 0 bridgehead atoms. The number of hydrogen-bond acceptors (Lipinski definition) is 3. The van der Waals surface area contributed by atoms with Gasteiger partial charge in [0.2, 0.25) is 5.91 Å². The summed E-state index contributed by atoms with van der Waals surface area (Å²) in [7, 11) is 0. The number of nitrogens with zero attached hydrogens (tertiary/aromatic N) is 2. The van der Waals surface area contributed by atoms with Crippen molar-refractivity contribution in [2.45, 2.75) is 85.2 Å². The van der Waals surface area contributed by atoms with Crippen molar-refractivity contribution >= 4 is 12.0 Å². The Morgan fingerprint density at radius 2 is 1.52 bits per heavy atom. The smallest absolute Gasteiger partial charge is 0.410 e. The average molecular weight is 381 g/mol. The van der Waals surface area contributed by atoms with Crippen LogP contribution in [0.4, 0.5) is 4.79 Å². The number of piperidine rings is 2. The molecule has 0 saturated carbocycles. The Morgan fingerprint density at radius 1 is 0.963 bits per heavy atom. The Hall–Kier alpha value is -1.26. The van der Waals surface area contributed by atoms with Crippen LogP contribution in [-0.4, -0.2) is 53.6 Å². The largest absolute Gasteiger partial charge is 0.444 e. The third kappa shape index (κ3) is 7.34. The van der Waals surface area contributed by atoms with Crippen LogP contribution in [0.25, 0.3) is 0 Å². The fourth-order valence-electron chi connectivity index (χ4n) is 4.25. The normalized spacial score (nSPS) is 20.2. The van der Waals surface area contributed by atoms with Crippen molar-refractivity contribution < 1.29 is 14.3 Å². The zero-order valence-corrected chi connectivity index (χ0v) is 18.1. The number of ether oxygens (including phenoxy) is 1. The van der Waals surface area contributed by atoms with E-state index >= 15 is 0 Å². The Balaban J connectivity index is 1.60. The van der Waals surface area contributed by atoms with Crippen LogP contribution in [0, 0.1) is 17.8 Å². The minimum atomic E-state index is -0.433. The Bertz CT molecular complexity index is 482. The summed E-state index contributed by atoms with van der Waals surface area (Å²) < 4.78 is 5.45. The second-order valence-corrected chi connectivity index (χ2v) is 9.77. The Labute approximate surface area is 165 Å². The molecule has 0 aliphatic carbocycles. The zero-order chi connectivity index (χ0) is 20.0. The highest BCUT2D eigenvalue weighted by molar-refractivity contribution is 5.76. The summed E-state index contributed by atoms with van der Waals surface area (Å²) in [5.74, 6) is 2.48. The summed E-state index contributed by atoms with van der Waals surface area (Å²) >= 11 is 0. The van der Waals surface area contributed by atoms with Crippen molar-refractivity contribution in [3.8, 4) is 0 Å². The topological polar surface area (TPSA) is 49.9 Å². The van der Waals surface area contributed by atoms with E-state index in [1.54, 1.807) is 0 Å². The fraction of sp³-hybridized carbons (Fsp3) is 0.909. The van der Waals surface area contributed by atoms with Crippen LogP contribution in [0.3, 0.4) is 0 Å². The maximum atomic E-state index is 12.4. The van der Waals surface area contributed by atoms with Crippen LogP contribution in [0.5, 0.6) is 0 Å². The van der Waals surface area contributed by atoms with Crippen LogP contribution in [0.1, 0.15) is 79.6 Å². The van der Waals surface area contributed by atoms with Gasteiger partial charge in [-0.3, -0.25) is 4.79 Å². The molecule has 5 nitrogen and oxygen atoms in total. The molecule has 2 saturated heterocycles. The molecule has 2 heterocycles. The molecule has 2 rings (SSSR count). The second kappa shape index (κ2) is 9.79. The highest BCUT2D eigenvalue weighted by Gasteiger charge is 2.27. The van der Waals surface area contributed by atoms with Gasteiger partial charge in [0, 0.05) is 32.6 Å². The highest BCUT2D eigenvalue weighted by atomic mass is 16.6. The lowest BCUT2D eigenvalue weighted by atomic mass is 9.86. The van der Waals surface area contributed by atoms with Crippen molar-refractivity contribution in [3.63, 3.8) is 0 Å². The van der Waals surface area contributed by atoms with Crippen LogP contribution >= 0.6 is 0 Å². The molecular formula is C22H40N2O3. The van der Waals surface area contributed by atoms with E-state index in [1.807, 2.05) is 25.7 Å². The predicted molar refractivity (Wildman–Crippen MR) is 109 cm³/mol. The first kappa shape index (κ1) is 22.0. The molecule has 5 heteroatoms. The zero-order valence-electron chi connectivity index (χ0n) is 18.1. The predicted octanol–water partition coefficient (Wildman–Crippen LogP) is 4.70. The van der Waals surface area contributed by atoms with E-state index in [0.717, 1.165) is 76.5 Å². The number of likely N-dealkylation sites (tertiary alicyclic amines) is 2. The molecule has 0 aromatic heterocycles. The lowest BCUT2D eigenvalue weighted by Crippen LogP contribution is -2.41. The van der Waals surface area contributed by atoms with Gasteiger partial charge in [-0.2, -0.15) is 0 Å². The van der Waals surface area contributed by atoms with Crippen molar-refractivity contribution in [1.29, 1.82) is 0 Å². The molecule has 2 aliphatic heterocycles. The molecule has 0 atom stereocenters. The fourth-order valence-corrected chi connectivity index (χ4v) is 4.25. The van der Waals surface area contributed by atoms with Crippen molar-refractivity contribution in [1.82, 2.24) is 9.80 Å². The van der Waals surface area contributed by atoms with E-state index in [0.29, 0.717) is 18.2 Å². The minimum Gasteiger partial charge on any atom is -0.444 e. The highest BCUT2D eigenvalue weighted by Crippen LogP contribution is 2.26. The lowest BCUT2D eigenvalue weighted by Gasteiger charge is -2.34. The van der Waals surface area contributed by atoms with Crippen LogP contribution < -0.4 is 0 Å². The van der Waals surface area contributed by atoms with Gasteiger partial charge in [0.05, 0.1) is 0 Å². The van der Waals surface area contributed by atoms with Gasteiger partial charge in [-0.1, -0.05) is 13.8 Å². The van der Waals surface area contributed by atoms with E-state index in [4.69, 9.17) is 4.74 Å². The number of hydrogen-bond donors (Lipinski definition) is 0. The quantitative estimate of drug-likeness (QED) is 0.695. The van der Waals surface area contributed by atoms with Gasteiger partial charge in [-0.25, -0.2) is 4.79 Å². The molecule has 0 spiro atoms. The molecule has 0 radical (unpaired) electrons. The van der Waals surface area contributed by atoms with E-state index < -0.39 is 5.60 Å². The summed E-state index contributed by atoms with van der Waals surface area (Å²) in [4.78, 5) is 28.5. The molecule has 2 fully saturated rings. The van der Waals surface area contributed by atoms with E-state index in [9.17, 15) is 9.59 Å². The third-order valence-corrected chi connectivity index (χ3v) is 6.10. The molecular weight excluding hydrogens is 340 g/mol. The first-order valence-corrected chi connectivity index (χ1v) is 10.9. The lowest BCUT2D eigenvalue weighted by molar-refractivity contribution is -0.133. The first-order chi connectivity index (χ1) is 12.7. The molecule has 27 heavy (non-hydrogen) atoms. The van der Waals surface area contributed by atoms with Gasteiger partial charge in [0.25, 0.3) is 0 Å². The van der Waals surface area contributed by atoms with Gasteiger partial charge < -0.3 is 14.5 Å².